The van der Waals surface area contributed by atoms with E-state index < -0.39 is 0 Å². The molecular formula is C20H22ClN3O2. The Labute approximate surface area is 158 Å². The van der Waals surface area contributed by atoms with Gasteiger partial charge in [-0.05, 0) is 62.4 Å². The van der Waals surface area contributed by atoms with Gasteiger partial charge in [-0.15, -0.1) is 0 Å². The number of likely N-dealkylation sites (tertiary alicyclic amines) is 1. The molecule has 1 saturated heterocycles. The summed E-state index contributed by atoms with van der Waals surface area (Å²) >= 11 is 6.25. The van der Waals surface area contributed by atoms with Crippen LogP contribution in [0.2, 0.25) is 5.02 Å². The largest absolute Gasteiger partial charge is 0.337 e. The number of aromatic nitrogens is 1. The smallest absolute Gasteiger partial charge is 0.274 e. The lowest BCUT2D eigenvalue weighted by Gasteiger charge is -2.26. The summed E-state index contributed by atoms with van der Waals surface area (Å²) in [6.45, 7) is 5.32. The number of benzene rings is 1. The summed E-state index contributed by atoms with van der Waals surface area (Å²) in [5.41, 5.74) is 2.97. The topological polar surface area (TPSA) is 62.3 Å². The second-order valence-corrected chi connectivity index (χ2v) is 7.06. The van der Waals surface area contributed by atoms with E-state index in [0.717, 1.165) is 43.5 Å². The van der Waals surface area contributed by atoms with Gasteiger partial charge in [0.1, 0.15) is 11.4 Å². The van der Waals surface area contributed by atoms with Crippen molar-refractivity contribution < 1.29 is 9.59 Å². The number of anilines is 1. The standard InChI is InChI=1S/C20H22ClN3O2/c1-13-11-14(2)18(15(21)12-13)23-19(25)16-7-6-8-17(22-16)20(26)24-9-4-3-5-10-24/h6-8,11-12H,3-5,9-10H2,1-2H3,(H,23,25). The first-order valence-electron chi connectivity index (χ1n) is 8.80. The van der Waals surface area contributed by atoms with Gasteiger partial charge in [0.25, 0.3) is 11.8 Å². The molecule has 2 amide bonds. The molecule has 0 bridgehead atoms. The molecule has 136 valence electrons. The maximum atomic E-state index is 12.6. The number of hydrogen-bond donors (Lipinski definition) is 1. The van der Waals surface area contributed by atoms with Gasteiger partial charge in [0.05, 0.1) is 10.7 Å². The molecule has 2 aromatic rings. The number of nitrogens with zero attached hydrogens (tertiary/aromatic N) is 2. The molecule has 1 N–H and O–H groups in total. The van der Waals surface area contributed by atoms with E-state index in [1.807, 2.05) is 19.9 Å². The predicted octanol–water partition coefficient (Wildman–Crippen LogP) is 4.23. The van der Waals surface area contributed by atoms with Crippen LogP contribution in [0.5, 0.6) is 0 Å². The Morgan fingerprint density at radius 2 is 1.77 bits per heavy atom. The molecule has 6 heteroatoms. The van der Waals surface area contributed by atoms with Crippen LogP contribution in [0.3, 0.4) is 0 Å². The molecule has 0 saturated carbocycles. The van der Waals surface area contributed by atoms with E-state index in [1.165, 1.54) is 0 Å². The van der Waals surface area contributed by atoms with Crippen LogP contribution in [0, 0.1) is 13.8 Å². The zero-order valence-electron chi connectivity index (χ0n) is 15.0. The molecule has 1 aliphatic heterocycles. The fraction of sp³-hybridized carbons (Fsp3) is 0.350. The Balaban J connectivity index is 1.79. The van der Waals surface area contributed by atoms with Gasteiger partial charge in [-0.3, -0.25) is 9.59 Å². The highest BCUT2D eigenvalue weighted by atomic mass is 35.5. The maximum Gasteiger partial charge on any atom is 0.274 e. The third kappa shape index (κ3) is 4.05. The number of rotatable bonds is 3. The number of nitrogens with one attached hydrogen (secondary N) is 1. The molecule has 0 atom stereocenters. The normalized spacial score (nSPS) is 14.2. The minimum Gasteiger partial charge on any atom is -0.337 e. The zero-order valence-corrected chi connectivity index (χ0v) is 15.8. The number of pyridine rings is 1. The molecule has 0 radical (unpaired) electrons. The van der Waals surface area contributed by atoms with Crippen molar-refractivity contribution in [2.75, 3.05) is 18.4 Å². The van der Waals surface area contributed by atoms with Gasteiger partial charge in [-0.2, -0.15) is 0 Å². The highest BCUT2D eigenvalue weighted by Gasteiger charge is 2.21. The Hall–Kier alpha value is -2.40. The zero-order chi connectivity index (χ0) is 18.7. The quantitative estimate of drug-likeness (QED) is 0.878. The fourth-order valence-electron chi connectivity index (χ4n) is 3.19. The van der Waals surface area contributed by atoms with Crippen molar-refractivity contribution in [3.05, 3.63) is 57.9 Å². The number of carbonyl (C=O) groups excluding carboxylic acids is 2. The monoisotopic (exact) mass is 371 g/mol. The Bertz CT molecular complexity index is 822. The lowest BCUT2D eigenvalue weighted by Crippen LogP contribution is -2.36. The van der Waals surface area contributed by atoms with Crippen LogP contribution < -0.4 is 5.32 Å². The van der Waals surface area contributed by atoms with E-state index in [1.54, 1.807) is 29.2 Å². The van der Waals surface area contributed by atoms with Gasteiger partial charge < -0.3 is 10.2 Å². The van der Waals surface area contributed by atoms with Crippen LogP contribution in [-0.2, 0) is 0 Å². The van der Waals surface area contributed by atoms with Crippen LogP contribution in [0.1, 0.15) is 51.4 Å². The molecule has 0 spiro atoms. The van der Waals surface area contributed by atoms with Crippen molar-refractivity contribution in [2.24, 2.45) is 0 Å². The van der Waals surface area contributed by atoms with Crippen LogP contribution >= 0.6 is 11.6 Å². The molecule has 1 aromatic carbocycles. The first-order valence-corrected chi connectivity index (χ1v) is 9.18. The molecular weight excluding hydrogens is 350 g/mol. The fourth-order valence-corrected chi connectivity index (χ4v) is 3.56. The first-order chi connectivity index (χ1) is 12.5. The molecule has 26 heavy (non-hydrogen) atoms. The molecule has 1 aromatic heterocycles. The summed E-state index contributed by atoms with van der Waals surface area (Å²) in [5.74, 6) is -0.504. The van der Waals surface area contributed by atoms with E-state index in [4.69, 9.17) is 11.6 Å². The number of aryl methyl sites for hydroxylation is 2. The summed E-state index contributed by atoms with van der Waals surface area (Å²) in [6, 6.07) is 8.68. The third-order valence-electron chi connectivity index (χ3n) is 4.51. The van der Waals surface area contributed by atoms with E-state index in [2.05, 4.69) is 10.3 Å². The summed E-state index contributed by atoms with van der Waals surface area (Å²) in [6.07, 6.45) is 3.17. The van der Waals surface area contributed by atoms with Gasteiger partial charge in [0, 0.05) is 13.1 Å². The van der Waals surface area contributed by atoms with Crippen LogP contribution in [-0.4, -0.2) is 34.8 Å². The van der Waals surface area contributed by atoms with Crippen molar-refractivity contribution in [3.8, 4) is 0 Å². The average molecular weight is 372 g/mol. The second kappa shape index (κ2) is 7.87. The third-order valence-corrected chi connectivity index (χ3v) is 4.81. The van der Waals surface area contributed by atoms with Crippen LogP contribution in [0.25, 0.3) is 0 Å². The van der Waals surface area contributed by atoms with E-state index in [0.29, 0.717) is 16.4 Å². The number of piperidine rings is 1. The number of halogens is 1. The van der Waals surface area contributed by atoms with Crippen LogP contribution in [0.4, 0.5) is 5.69 Å². The molecule has 5 nitrogen and oxygen atoms in total. The summed E-state index contributed by atoms with van der Waals surface area (Å²) < 4.78 is 0. The average Bonchev–Trinajstić information content (AvgIpc) is 2.64. The molecule has 0 aliphatic carbocycles. The van der Waals surface area contributed by atoms with Crippen LogP contribution in [0.15, 0.2) is 30.3 Å². The number of hydrogen-bond acceptors (Lipinski definition) is 3. The van der Waals surface area contributed by atoms with Gasteiger partial charge in [-0.1, -0.05) is 23.7 Å². The minimum atomic E-state index is -0.382. The Morgan fingerprint density at radius 3 is 2.46 bits per heavy atom. The highest BCUT2D eigenvalue weighted by molar-refractivity contribution is 6.34. The highest BCUT2D eigenvalue weighted by Crippen LogP contribution is 2.27. The van der Waals surface area contributed by atoms with Gasteiger partial charge in [-0.25, -0.2) is 4.98 Å². The van der Waals surface area contributed by atoms with Gasteiger partial charge >= 0.3 is 0 Å². The lowest BCUT2D eigenvalue weighted by molar-refractivity contribution is 0.0718. The molecule has 3 rings (SSSR count). The van der Waals surface area contributed by atoms with E-state index in [-0.39, 0.29) is 17.5 Å². The van der Waals surface area contributed by atoms with Crippen molar-refractivity contribution in [1.29, 1.82) is 0 Å². The van der Waals surface area contributed by atoms with Gasteiger partial charge in [0.2, 0.25) is 0 Å². The first kappa shape index (κ1) is 18.4. The summed E-state index contributed by atoms with van der Waals surface area (Å²) in [7, 11) is 0. The van der Waals surface area contributed by atoms with Crippen molar-refractivity contribution in [3.63, 3.8) is 0 Å². The number of amides is 2. The van der Waals surface area contributed by atoms with Gasteiger partial charge in [0.15, 0.2) is 0 Å². The molecule has 0 unspecified atom stereocenters. The Kier molecular flexibility index (Phi) is 5.57. The Morgan fingerprint density at radius 1 is 1.08 bits per heavy atom. The van der Waals surface area contributed by atoms with Crippen molar-refractivity contribution in [1.82, 2.24) is 9.88 Å². The predicted molar refractivity (Wildman–Crippen MR) is 103 cm³/mol. The molecule has 2 heterocycles. The van der Waals surface area contributed by atoms with Crippen molar-refractivity contribution >= 4 is 29.1 Å². The summed E-state index contributed by atoms with van der Waals surface area (Å²) in [5, 5.41) is 3.29. The maximum absolute atomic E-state index is 12.6. The molecule has 1 aliphatic rings. The lowest BCUT2D eigenvalue weighted by atomic mass is 10.1. The molecule has 1 fully saturated rings. The minimum absolute atomic E-state index is 0.121. The second-order valence-electron chi connectivity index (χ2n) is 6.65. The van der Waals surface area contributed by atoms with E-state index >= 15 is 0 Å². The SMILES string of the molecule is Cc1cc(C)c(NC(=O)c2cccc(C(=O)N3CCCCC3)n2)c(Cl)c1. The summed E-state index contributed by atoms with van der Waals surface area (Å²) in [4.78, 5) is 31.3. The number of carbonyl (C=O) groups is 2. The van der Waals surface area contributed by atoms with E-state index in [9.17, 15) is 9.59 Å². The van der Waals surface area contributed by atoms with Crippen molar-refractivity contribution in [2.45, 2.75) is 33.1 Å².